The molecule has 0 aromatic heterocycles. The molecule has 0 atom stereocenters. The predicted molar refractivity (Wildman–Crippen MR) is 75.3 cm³/mol. The quantitative estimate of drug-likeness (QED) is 0.606. The van der Waals surface area contributed by atoms with E-state index in [2.05, 4.69) is 25.4 Å². The Balaban J connectivity index is 2.14. The summed E-state index contributed by atoms with van der Waals surface area (Å²) in [7, 11) is 2.40. The Morgan fingerprint density at radius 1 is 1.10 bits per heavy atom. The van der Waals surface area contributed by atoms with Crippen molar-refractivity contribution in [1.29, 1.82) is 0 Å². The highest BCUT2D eigenvalue weighted by atomic mass is 79.9. The van der Waals surface area contributed by atoms with Crippen molar-refractivity contribution in [3.05, 3.63) is 34.3 Å². The summed E-state index contributed by atoms with van der Waals surface area (Å²) in [6, 6.07) is 7.37. The molecule has 1 heterocycles. The Labute approximate surface area is 130 Å². The average molecular weight is 359 g/mol. The van der Waals surface area contributed by atoms with Crippen LogP contribution in [0.1, 0.15) is 11.9 Å². The van der Waals surface area contributed by atoms with Gasteiger partial charge in [-0.05, 0) is 12.1 Å². The largest absolute Gasteiger partial charge is 0.468 e. The molecule has 6 nitrogen and oxygen atoms in total. The lowest BCUT2D eigenvalue weighted by Crippen LogP contribution is -2.51. The first kappa shape index (κ1) is 15.9. The SMILES string of the molecule is COC(=O)C1(C(=O)OC)COC(c2ccc(Br)cc2)OC1. The van der Waals surface area contributed by atoms with Crippen LogP contribution in [0.3, 0.4) is 0 Å². The molecular formula is C14H15BrO6. The number of hydrogen-bond donors (Lipinski definition) is 0. The molecule has 1 aliphatic heterocycles. The highest BCUT2D eigenvalue weighted by molar-refractivity contribution is 9.10. The molecule has 0 radical (unpaired) electrons. The Morgan fingerprint density at radius 2 is 1.57 bits per heavy atom. The van der Waals surface area contributed by atoms with Gasteiger partial charge in [-0.15, -0.1) is 0 Å². The summed E-state index contributed by atoms with van der Waals surface area (Å²) in [5.74, 6) is -1.47. The maximum atomic E-state index is 11.9. The topological polar surface area (TPSA) is 71.1 Å². The molecular weight excluding hydrogens is 344 g/mol. The summed E-state index contributed by atoms with van der Waals surface area (Å²) in [4.78, 5) is 23.8. The standard InChI is InChI=1S/C14H15BrO6/c1-18-12(16)14(13(17)19-2)7-20-11(21-8-14)9-3-5-10(15)6-4-9/h3-6,11H,7-8H2,1-2H3. The minimum atomic E-state index is -1.57. The van der Waals surface area contributed by atoms with Crippen molar-refractivity contribution in [2.45, 2.75) is 6.29 Å². The van der Waals surface area contributed by atoms with Gasteiger partial charge in [0.1, 0.15) is 0 Å². The van der Waals surface area contributed by atoms with Gasteiger partial charge >= 0.3 is 11.9 Å². The molecule has 0 aliphatic carbocycles. The van der Waals surface area contributed by atoms with Gasteiger partial charge in [-0.25, -0.2) is 0 Å². The van der Waals surface area contributed by atoms with E-state index < -0.39 is 23.6 Å². The van der Waals surface area contributed by atoms with Crippen LogP contribution in [0.25, 0.3) is 0 Å². The van der Waals surface area contributed by atoms with Crippen molar-refractivity contribution < 1.29 is 28.5 Å². The van der Waals surface area contributed by atoms with Gasteiger partial charge < -0.3 is 18.9 Å². The van der Waals surface area contributed by atoms with Gasteiger partial charge in [0, 0.05) is 10.0 Å². The van der Waals surface area contributed by atoms with E-state index in [0.717, 1.165) is 10.0 Å². The van der Waals surface area contributed by atoms with Crippen LogP contribution in [0.4, 0.5) is 0 Å². The van der Waals surface area contributed by atoms with Crippen molar-refractivity contribution in [2.75, 3.05) is 27.4 Å². The minimum absolute atomic E-state index is 0.160. The van der Waals surface area contributed by atoms with Gasteiger partial charge in [0.15, 0.2) is 6.29 Å². The van der Waals surface area contributed by atoms with Crippen LogP contribution in [0.2, 0.25) is 0 Å². The fourth-order valence-corrected chi connectivity index (χ4v) is 2.31. The molecule has 1 aromatic carbocycles. The van der Waals surface area contributed by atoms with E-state index in [1.54, 1.807) is 0 Å². The molecule has 21 heavy (non-hydrogen) atoms. The second kappa shape index (κ2) is 6.55. The van der Waals surface area contributed by atoms with E-state index in [-0.39, 0.29) is 13.2 Å². The van der Waals surface area contributed by atoms with Crippen LogP contribution >= 0.6 is 15.9 Å². The van der Waals surface area contributed by atoms with E-state index in [1.165, 1.54) is 14.2 Å². The number of halogens is 1. The van der Waals surface area contributed by atoms with Crippen molar-refractivity contribution >= 4 is 27.9 Å². The van der Waals surface area contributed by atoms with Gasteiger partial charge in [-0.3, -0.25) is 9.59 Å². The van der Waals surface area contributed by atoms with Crippen molar-refractivity contribution in [1.82, 2.24) is 0 Å². The second-order valence-corrected chi connectivity index (χ2v) is 5.49. The van der Waals surface area contributed by atoms with E-state index >= 15 is 0 Å². The molecule has 114 valence electrons. The van der Waals surface area contributed by atoms with Gasteiger partial charge in [0.2, 0.25) is 5.41 Å². The lowest BCUT2D eigenvalue weighted by atomic mass is 9.89. The van der Waals surface area contributed by atoms with Gasteiger partial charge in [-0.2, -0.15) is 0 Å². The van der Waals surface area contributed by atoms with E-state index in [1.807, 2.05) is 24.3 Å². The molecule has 0 unspecified atom stereocenters. The molecule has 0 saturated carbocycles. The van der Waals surface area contributed by atoms with Gasteiger partial charge in [-0.1, -0.05) is 28.1 Å². The lowest BCUT2D eigenvalue weighted by Gasteiger charge is -2.35. The fourth-order valence-electron chi connectivity index (χ4n) is 2.05. The van der Waals surface area contributed by atoms with Crippen molar-refractivity contribution in [2.24, 2.45) is 5.41 Å². The zero-order valence-corrected chi connectivity index (χ0v) is 13.2. The van der Waals surface area contributed by atoms with Crippen LogP contribution in [0.5, 0.6) is 0 Å². The van der Waals surface area contributed by atoms with Crippen LogP contribution in [-0.2, 0) is 28.5 Å². The molecule has 0 N–H and O–H groups in total. The van der Waals surface area contributed by atoms with Crippen molar-refractivity contribution in [3.8, 4) is 0 Å². The third kappa shape index (κ3) is 3.09. The number of hydrogen-bond acceptors (Lipinski definition) is 6. The Hall–Kier alpha value is -1.44. The maximum absolute atomic E-state index is 11.9. The zero-order valence-electron chi connectivity index (χ0n) is 11.6. The molecule has 0 spiro atoms. The normalized spacial score (nSPS) is 18.0. The Bertz CT molecular complexity index is 501. The average Bonchev–Trinajstić information content (AvgIpc) is 2.54. The number of rotatable bonds is 3. The molecule has 0 bridgehead atoms. The molecule has 1 aliphatic rings. The Morgan fingerprint density at radius 3 is 2.00 bits per heavy atom. The van der Waals surface area contributed by atoms with Crippen molar-refractivity contribution in [3.63, 3.8) is 0 Å². The minimum Gasteiger partial charge on any atom is -0.468 e. The highest BCUT2D eigenvalue weighted by Crippen LogP contribution is 2.34. The van der Waals surface area contributed by atoms with E-state index in [4.69, 9.17) is 9.47 Å². The smallest absolute Gasteiger partial charge is 0.328 e. The van der Waals surface area contributed by atoms with Crippen LogP contribution in [0.15, 0.2) is 28.7 Å². The number of benzene rings is 1. The fraction of sp³-hybridized carbons (Fsp3) is 0.429. The number of carbonyl (C=O) groups excluding carboxylic acids is 2. The lowest BCUT2D eigenvalue weighted by molar-refractivity contribution is -0.242. The number of carbonyl (C=O) groups is 2. The molecule has 2 rings (SSSR count). The monoisotopic (exact) mass is 358 g/mol. The maximum Gasteiger partial charge on any atom is 0.328 e. The van der Waals surface area contributed by atoms with E-state index in [9.17, 15) is 9.59 Å². The number of esters is 2. The summed E-state index contributed by atoms with van der Waals surface area (Å²) in [5, 5.41) is 0. The summed E-state index contributed by atoms with van der Waals surface area (Å²) in [6.07, 6.45) is -0.638. The highest BCUT2D eigenvalue weighted by Gasteiger charge is 2.52. The van der Waals surface area contributed by atoms with Gasteiger partial charge in [0.05, 0.1) is 27.4 Å². The molecule has 0 amide bonds. The Kier molecular flexibility index (Phi) is 4.97. The molecule has 7 heteroatoms. The predicted octanol–water partition coefficient (Wildman–Crippen LogP) is 1.83. The van der Waals surface area contributed by atoms with E-state index in [0.29, 0.717) is 0 Å². The third-order valence-electron chi connectivity index (χ3n) is 3.26. The summed E-state index contributed by atoms with van der Waals surface area (Å²) >= 11 is 3.34. The number of methoxy groups -OCH3 is 2. The first-order valence-electron chi connectivity index (χ1n) is 6.19. The first-order chi connectivity index (χ1) is 10.0. The van der Waals surface area contributed by atoms with Crippen LogP contribution < -0.4 is 0 Å². The summed E-state index contributed by atoms with van der Waals surface area (Å²) < 4.78 is 21.3. The second-order valence-electron chi connectivity index (χ2n) is 4.57. The summed E-state index contributed by atoms with van der Waals surface area (Å²) in [6.45, 7) is -0.319. The molecule has 1 saturated heterocycles. The number of ether oxygens (including phenoxy) is 4. The van der Waals surface area contributed by atoms with Crippen LogP contribution in [-0.4, -0.2) is 39.4 Å². The van der Waals surface area contributed by atoms with Crippen LogP contribution in [0, 0.1) is 5.41 Å². The molecule has 1 fully saturated rings. The molecule has 1 aromatic rings. The third-order valence-corrected chi connectivity index (χ3v) is 3.79. The summed E-state index contributed by atoms with van der Waals surface area (Å²) in [5.41, 5.74) is -0.781. The first-order valence-corrected chi connectivity index (χ1v) is 6.98. The van der Waals surface area contributed by atoms with Gasteiger partial charge in [0.25, 0.3) is 0 Å². The zero-order chi connectivity index (χ0) is 15.5.